The molecular formula is C8H11BrN2O. The minimum atomic E-state index is -0.104. The largest absolute Gasteiger partial charge is 0.495 e. The van der Waals surface area contributed by atoms with Crippen molar-refractivity contribution in [3.63, 3.8) is 0 Å². The summed E-state index contributed by atoms with van der Waals surface area (Å²) >= 11 is 3.30. The zero-order chi connectivity index (χ0) is 9.14. The first-order valence-electron chi connectivity index (χ1n) is 3.60. The fraction of sp³-hybridized carbons (Fsp3) is 0.375. The Morgan fingerprint density at radius 1 is 1.67 bits per heavy atom. The second-order valence-electron chi connectivity index (χ2n) is 2.53. The van der Waals surface area contributed by atoms with E-state index in [4.69, 9.17) is 10.5 Å². The van der Waals surface area contributed by atoms with Gasteiger partial charge in [-0.1, -0.05) is 0 Å². The standard InChI is InChI=1S/C8H11BrN2O/c1-5(10)8-7(12-2)3-6(9)4-11-8/h3-5H,10H2,1-2H3/t5-/m0/s1. The topological polar surface area (TPSA) is 48.1 Å². The number of ether oxygens (including phenoxy) is 1. The lowest BCUT2D eigenvalue weighted by molar-refractivity contribution is 0.403. The molecule has 0 bridgehead atoms. The first kappa shape index (κ1) is 9.48. The second kappa shape index (κ2) is 3.87. The van der Waals surface area contributed by atoms with Crippen LogP contribution in [0.1, 0.15) is 18.7 Å². The van der Waals surface area contributed by atoms with E-state index in [0.717, 1.165) is 15.9 Å². The number of nitrogens with zero attached hydrogens (tertiary/aromatic N) is 1. The number of nitrogens with two attached hydrogens (primary N) is 1. The van der Waals surface area contributed by atoms with Gasteiger partial charge in [0.2, 0.25) is 0 Å². The number of aromatic nitrogens is 1. The molecule has 66 valence electrons. The van der Waals surface area contributed by atoms with Gasteiger partial charge in [0, 0.05) is 16.7 Å². The summed E-state index contributed by atoms with van der Waals surface area (Å²) in [4.78, 5) is 4.15. The molecule has 0 aromatic carbocycles. The molecule has 0 amide bonds. The molecule has 0 aliphatic carbocycles. The van der Waals surface area contributed by atoms with Crippen molar-refractivity contribution in [3.05, 3.63) is 22.4 Å². The van der Waals surface area contributed by atoms with Crippen LogP contribution in [-0.4, -0.2) is 12.1 Å². The lowest BCUT2D eigenvalue weighted by Gasteiger charge is -2.09. The number of hydrogen-bond donors (Lipinski definition) is 1. The Labute approximate surface area is 80.1 Å². The van der Waals surface area contributed by atoms with Crippen LogP contribution in [0.25, 0.3) is 0 Å². The van der Waals surface area contributed by atoms with Gasteiger partial charge in [0.05, 0.1) is 12.8 Å². The van der Waals surface area contributed by atoms with E-state index in [1.807, 2.05) is 13.0 Å². The predicted octanol–water partition coefficient (Wildman–Crippen LogP) is 1.87. The third kappa shape index (κ3) is 1.95. The van der Waals surface area contributed by atoms with Gasteiger partial charge < -0.3 is 10.5 Å². The Morgan fingerprint density at radius 2 is 2.33 bits per heavy atom. The van der Waals surface area contributed by atoms with Gasteiger partial charge in [0.15, 0.2) is 0 Å². The third-order valence-electron chi connectivity index (χ3n) is 1.50. The van der Waals surface area contributed by atoms with Crippen molar-refractivity contribution >= 4 is 15.9 Å². The Bertz CT molecular complexity index is 276. The van der Waals surface area contributed by atoms with Crippen LogP contribution in [0.2, 0.25) is 0 Å². The van der Waals surface area contributed by atoms with E-state index in [2.05, 4.69) is 20.9 Å². The number of pyridine rings is 1. The van der Waals surface area contributed by atoms with E-state index in [9.17, 15) is 0 Å². The van der Waals surface area contributed by atoms with Crippen LogP contribution in [0.4, 0.5) is 0 Å². The van der Waals surface area contributed by atoms with E-state index < -0.39 is 0 Å². The Hall–Kier alpha value is -0.610. The minimum absolute atomic E-state index is 0.104. The molecule has 1 heterocycles. The van der Waals surface area contributed by atoms with Crippen molar-refractivity contribution in [2.75, 3.05) is 7.11 Å². The summed E-state index contributed by atoms with van der Waals surface area (Å²) in [7, 11) is 1.61. The number of hydrogen-bond acceptors (Lipinski definition) is 3. The summed E-state index contributed by atoms with van der Waals surface area (Å²) in [5.41, 5.74) is 6.46. The van der Waals surface area contributed by atoms with Crippen molar-refractivity contribution in [1.82, 2.24) is 4.98 Å². The quantitative estimate of drug-likeness (QED) is 0.845. The highest BCUT2D eigenvalue weighted by atomic mass is 79.9. The second-order valence-corrected chi connectivity index (χ2v) is 3.45. The van der Waals surface area contributed by atoms with Crippen LogP contribution in [0.5, 0.6) is 5.75 Å². The highest BCUT2D eigenvalue weighted by Gasteiger charge is 2.08. The van der Waals surface area contributed by atoms with Crippen molar-refractivity contribution in [3.8, 4) is 5.75 Å². The maximum atomic E-state index is 5.68. The molecule has 0 aliphatic rings. The molecule has 0 aliphatic heterocycles. The lowest BCUT2D eigenvalue weighted by atomic mass is 10.2. The molecule has 0 radical (unpaired) electrons. The minimum Gasteiger partial charge on any atom is -0.495 e. The summed E-state index contributed by atoms with van der Waals surface area (Å²) in [6.45, 7) is 1.87. The van der Waals surface area contributed by atoms with Crippen molar-refractivity contribution < 1.29 is 4.74 Å². The first-order valence-corrected chi connectivity index (χ1v) is 4.39. The Balaban J connectivity index is 3.11. The van der Waals surface area contributed by atoms with Crippen LogP contribution in [0.3, 0.4) is 0 Å². The fourth-order valence-corrected chi connectivity index (χ4v) is 1.25. The van der Waals surface area contributed by atoms with Crippen LogP contribution in [-0.2, 0) is 0 Å². The molecule has 1 aromatic rings. The summed E-state index contributed by atoms with van der Waals surface area (Å²) < 4.78 is 6.01. The molecule has 0 saturated heterocycles. The van der Waals surface area contributed by atoms with Gasteiger partial charge in [-0.05, 0) is 28.9 Å². The molecule has 1 rings (SSSR count). The van der Waals surface area contributed by atoms with Crippen molar-refractivity contribution in [2.24, 2.45) is 5.73 Å². The van der Waals surface area contributed by atoms with Crippen LogP contribution in [0, 0.1) is 0 Å². The molecule has 1 aromatic heterocycles. The van der Waals surface area contributed by atoms with E-state index in [1.54, 1.807) is 13.3 Å². The van der Waals surface area contributed by atoms with Crippen molar-refractivity contribution in [2.45, 2.75) is 13.0 Å². The fourth-order valence-electron chi connectivity index (χ4n) is 0.937. The molecule has 2 N–H and O–H groups in total. The van der Waals surface area contributed by atoms with Crippen LogP contribution in [0.15, 0.2) is 16.7 Å². The van der Waals surface area contributed by atoms with Gasteiger partial charge in [0.1, 0.15) is 5.75 Å². The van der Waals surface area contributed by atoms with Crippen LogP contribution < -0.4 is 10.5 Å². The monoisotopic (exact) mass is 230 g/mol. The Kier molecular flexibility index (Phi) is 3.05. The summed E-state index contributed by atoms with van der Waals surface area (Å²) in [5, 5.41) is 0. The SMILES string of the molecule is COc1cc(Br)cnc1[C@H](C)N. The van der Waals surface area contributed by atoms with Crippen molar-refractivity contribution in [1.29, 1.82) is 0 Å². The highest BCUT2D eigenvalue weighted by molar-refractivity contribution is 9.10. The molecule has 4 heteroatoms. The Morgan fingerprint density at radius 3 is 2.83 bits per heavy atom. The lowest BCUT2D eigenvalue weighted by Crippen LogP contribution is -2.09. The van der Waals surface area contributed by atoms with Gasteiger partial charge in [0.25, 0.3) is 0 Å². The van der Waals surface area contributed by atoms with Gasteiger partial charge in [-0.25, -0.2) is 0 Å². The summed E-state index contributed by atoms with van der Waals surface area (Å²) in [6, 6.07) is 1.75. The average molecular weight is 231 g/mol. The molecule has 0 fully saturated rings. The van der Waals surface area contributed by atoms with E-state index >= 15 is 0 Å². The summed E-state index contributed by atoms with van der Waals surface area (Å²) in [5.74, 6) is 0.722. The molecule has 12 heavy (non-hydrogen) atoms. The maximum absolute atomic E-state index is 5.68. The van der Waals surface area contributed by atoms with Gasteiger partial charge in [-0.2, -0.15) is 0 Å². The molecule has 1 atom stereocenters. The third-order valence-corrected chi connectivity index (χ3v) is 1.93. The first-order chi connectivity index (χ1) is 5.65. The maximum Gasteiger partial charge on any atom is 0.143 e. The van der Waals surface area contributed by atoms with Crippen LogP contribution >= 0.6 is 15.9 Å². The number of halogens is 1. The normalized spacial score (nSPS) is 12.7. The van der Waals surface area contributed by atoms with E-state index in [-0.39, 0.29) is 6.04 Å². The van der Waals surface area contributed by atoms with Gasteiger partial charge in [-0.3, -0.25) is 4.98 Å². The zero-order valence-corrected chi connectivity index (χ0v) is 8.63. The van der Waals surface area contributed by atoms with E-state index in [1.165, 1.54) is 0 Å². The molecular weight excluding hydrogens is 220 g/mol. The summed E-state index contributed by atoms with van der Waals surface area (Å²) in [6.07, 6.45) is 1.71. The average Bonchev–Trinajstić information content (AvgIpc) is 2.03. The van der Waals surface area contributed by atoms with E-state index in [0.29, 0.717) is 0 Å². The molecule has 3 nitrogen and oxygen atoms in total. The zero-order valence-electron chi connectivity index (χ0n) is 7.04. The van der Waals surface area contributed by atoms with Gasteiger partial charge in [-0.15, -0.1) is 0 Å². The molecule has 0 saturated carbocycles. The molecule has 0 spiro atoms. The number of methoxy groups -OCH3 is 1. The smallest absolute Gasteiger partial charge is 0.143 e. The highest BCUT2D eigenvalue weighted by Crippen LogP contribution is 2.24. The predicted molar refractivity (Wildman–Crippen MR) is 51.1 cm³/mol. The number of rotatable bonds is 2. The van der Waals surface area contributed by atoms with Gasteiger partial charge >= 0.3 is 0 Å². The molecule has 0 unspecified atom stereocenters.